The molecule has 0 aromatic heterocycles. The number of carbonyl (C=O) groups excluding carboxylic acids is 2. The van der Waals surface area contributed by atoms with Gasteiger partial charge >= 0.3 is 6.09 Å². The topological polar surface area (TPSA) is 99.3 Å². The number of amides is 2. The number of hydrogen-bond acceptors (Lipinski definition) is 6. The van der Waals surface area contributed by atoms with E-state index in [9.17, 15) is 18.0 Å². The summed E-state index contributed by atoms with van der Waals surface area (Å²) in [7, 11) is -3.28. The Labute approximate surface area is 222 Å². The molecule has 2 amide bonds. The highest BCUT2D eigenvalue weighted by Gasteiger charge is 2.49. The van der Waals surface area contributed by atoms with Crippen molar-refractivity contribution in [3.05, 3.63) is 0 Å². The van der Waals surface area contributed by atoms with E-state index >= 15 is 0 Å². The van der Waals surface area contributed by atoms with Crippen LogP contribution in [0.4, 0.5) is 4.79 Å². The van der Waals surface area contributed by atoms with Crippen molar-refractivity contribution in [3.8, 4) is 0 Å². The molecule has 4 atom stereocenters. The van der Waals surface area contributed by atoms with Crippen LogP contribution in [0.3, 0.4) is 0 Å². The molecule has 9 nitrogen and oxygen atoms in total. The molecule has 5 aliphatic rings. The summed E-state index contributed by atoms with van der Waals surface area (Å²) in [5.41, 5.74) is 3.03. The summed E-state index contributed by atoms with van der Waals surface area (Å²) in [6.45, 7) is 5.52. The van der Waals surface area contributed by atoms with Crippen LogP contribution in [0.5, 0.6) is 0 Å². The van der Waals surface area contributed by atoms with Crippen molar-refractivity contribution in [2.24, 2.45) is 11.8 Å². The van der Waals surface area contributed by atoms with Crippen LogP contribution in [-0.2, 0) is 19.6 Å². The summed E-state index contributed by atoms with van der Waals surface area (Å²) in [6.07, 6.45) is 12.1. The molecule has 1 N–H and O–H groups in total. The van der Waals surface area contributed by atoms with Crippen molar-refractivity contribution in [2.75, 3.05) is 19.6 Å². The number of piperazine rings is 1. The molecule has 3 aliphatic carbocycles. The van der Waals surface area contributed by atoms with Crippen LogP contribution in [0.1, 0.15) is 97.3 Å². The molecule has 37 heavy (non-hydrogen) atoms. The van der Waals surface area contributed by atoms with E-state index in [1.807, 2.05) is 16.7 Å². The Morgan fingerprint density at radius 3 is 2.22 bits per heavy atom. The summed E-state index contributed by atoms with van der Waals surface area (Å²) in [5.74, 6) is 1.00. The van der Waals surface area contributed by atoms with Crippen LogP contribution in [0.15, 0.2) is 0 Å². The van der Waals surface area contributed by atoms with Gasteiger partial charge in [0.15, 0.2) is 0 Å². The molecule has 210 valence electrons. The number of sulfonamides is 1. The van der Waals surface area contributed by atoms with Crippen LogP contribution >= 0.6 is 0 Å². The highest BCUT2D eigenvalue weighted by atomic mass is 32.2. The molecule has 0 aromatic rings. The minimum absolute atomic E-state index is 0.0163. The Morgan fingerprint density at radius 2 is 1.57 bits per heavy atom. The number of carbonyl (C=O) groups is 2. The van der Waals surface area contributed by atoms with Crippen LogP contribution < -0.4 is 5.43 Å². The highest BCUT2D eigenvalue weighted by molar-refractivity contribution is 7.89. The van der Waals surface area contributed by atoms with Crippen molar-refractivity contribution < 1.29 is 22.7 Å². The summed E-state index contributed by atoms with van der Waals surface area (Å²) >= 11 is 0. The molecular weight excluding hydrogens is 492 g/mol. The van der Waals surface area contributed by atoms with Gasteiger partial charge in [-0.3, -0.25) is 4.79 Å². The number of hydrazine groups is 1. The van der Waals surface area contributed by atoms with E-state index in [1.165, 1.54) is 10.8 Å². The van der Waals surface area contributed by atoms with E-state index in [1.54, 1.807) is 6.92 Å². The minimum atomic E-state index is -3.28. The Kier molecular flexibility index (Phi) is 8.36. The molecule has 2 heterocycles. The van der Waals surface area contributed by atoms with Crippen molar-refractivity contribution in [3.63, 3.8) is 0 Å². The van der Waals surface area contributed by atoms with Gasteiger partial charge in [-0.25, -0.2) is 18.6 Å². The first-order valence-electron chi connectivity index (χ1n) is 14.8. The van der Waals surface area contributed by atoms with Crippen molar-refractivity contribution in [1.82, 2.24) is 19.6 Å². The molecule has 0 bridgehead atoms. The van der Waals surface area contributed by atoms with Crippen molar-refractivity contribution >= 4 is 22.0 Å². The van der Waals surface area contributed by atoms with Gasteiger partial charge in [0, 0.05) is 32.6 Å². The van der Waals surface area contributed by atoms with E-state index in [0.29, 0.717) is 37.8 Å². The Morgan fingerprint density at radius 1 is 0.865 bits per heavy atom. The minimum Gasteiger partial charge on any atom is -0.446 e. The Bertz CT molecular complexity index is 925. The second kappa shape index (κ2) is 11.4. The van der Waals surface area contributed by atoms with Gasteiger partial charge in [0.1, 0.15) is 6.10 Å². The maximum absolute atomic E-state index is 13.4. The number of ether oxygens (including phenoxy) is 1. The van der Waals surface area contributed by atoms with E-state index in [2.05, 4.69) is 5.43 Å². The predicted octanol–water partition coefficient (Wildman–Crippen LogP) is 3.64. The lowest BCUT2D eigenvalue weighted by Gasteiger charge is -2.54. The zero-order valence-electron chi connectivity index (χ0n) is 22.6. The fourth-order valence-electron chi connectivity index (χ4n) is 7.99. The maximum atomic E-state index is 13.4. The van der Waals surface area contributed by atoms with Gasteiger partial charge < -0.3 is 14.5 Å². The van der Waals surface area contributed by atoms with E-state index < -0.39 is 10.0 Å². The third kappa shape index (κ3) is 5.66. The van der Waals surface area contributed by atoms with Crippen LogP contribution in [-0.4, -0.2) is 83.7 Å². The highest BCUT2D eigenvalue weighted by Crippen LogP contribution is 2.44. The summed E-state index contributed by atoms with van der Waals surface area (Å²) in [4.78, 5) is 30.0. The van der Waals surface area contributed by atoms with Gasteiger partial charge in [0.25, 0.3) is 0 Å². The third-order valence-electron chi connectivity index (χ3n) is 9.87. The van der Waals surface area contributed by atoms with E-state index in [0.717, 1.165) is 70.8 Å². The quantitative estimate of drug-likeness (QED) is 0.587. The zero-order valence-corrected chi connectivity index (χ0v) is 23.5. The van der Waals surface area contributed by atoms with Gasteiger partial charge in [0.2, 0.25) is 15.9 Å². The zero-order chi connectivity index (χ0) is 26.2. The van der Waals surface area contributed by atoms with Crippen molar-refractivity contribution in [2.45, 2.75) is 127 Å². The SMILES string of the molecule is CC(=O)N1C(C)CN(C(=O)OC2CCCCC2)C2CC(C3CCC(S(=O)(=O)N4CCCN4)CC3)CCC21. The number of nitrogens with one attached hydrogen (secondary N) is 1. The lowest BCUT2D eigenvalue weighted by Crippen LogP contribution is -2.67. The number of fused-ring (bicyclic) bond motifs is 1. The fourth-order valence-corrected chi connectivity index (χ4v) is 9.87. The van der Waals surface area contributed by atoms with Gasteiger partial charge in [-0.15, -0.1) is 4.41 Å². The molecule has 5 rings (SSSR count). The average Bonchev–Trinajstić information content (AvgIpc) is 3.44. The summed E-state index contributed by atoms with van der Waals surface area (Å²) in [5, 5.41) is -0.295. The molecule has 2 saturated heterocycles. The van der Waals surface area contributed by atoms with Crippen LogP contribution in [0.25, 0.3) is 0 Å². The maximum Gasteiger partial charge on any atom is 0.410 e. The molecule has 0 spiro atoms. The van der Waals surface area contributed by atoms with Gasteiger partial charge in [-0.05, 0) is 95.8 Å². The first kappa shape index (κ1) is 27.2. The Balaban J connectivity index is 1.25. The van der Waals surface area contributed by atoms with E-state index in [-0.39, 0.29) is 41.5 Å². The van der Waals surface area contributed by atoms with Gasteiger partial charge in [0.05, 0.1) is 17.3 Å². The van der Waals surface area contributed by atoms with Gasteiger partial charge in [-0.1, -0.05) is 6.42 Å². The Hall–Kier alpha value is -1.39. The number of nitrogens with zero attached hydrogens (tertiary/aromatic N) is 3. The third-order valence-corrected chi connectivity index (χ3v) is 12.1. The number of rotatable bonds is 4. The smallest absolute Gasteiger partial charge is 0.410 e. The molecular formula is C27H46N4O5S. The average molecular weight is 539 g/mol. The van der Waals surface area contributed by atoms with Crippen molar-refractivity contribution in [1.29, 1.82) is 0 Å². The standard InChI is InChI=1S/C27H46N4O5S/c1-19-18-29(27(33)36-23-7-4-3-5-8-23)26-17-22(11-14-25(26)31(19)20(2)32)21-9-12-24(13-10-21)37(34,35)30-16-6-15-28-30/h19,21-26,28H,3-18H2,1-2H3. The fraction of sp³-hybridized carbons (Fsp3) is 0.926. The lowest BCUT2D eigenvalue weighted by atomic mass is 9.69. The molecule has 2 aliphatic heterocycles. The summed E-state index contributed by atoms with van der Waals surface area (Å²) in [6, 6.07) is -0.00592. The van der Waals surface area contributed by atoms with Gasteiger partial charge in [-0.2, -0.15) is 0 Å². The molecule has 0 radical (unpaired) electrons. The molecule has 4 unspecified atom stereocenters. The molecule has 0 aromatic carbocycles. The molecule has 3 saturated carbocycles. The number of hydrogen-bond donors (Lipinski definition) is 1. The largest absolute Gasteiger partial charge is 0.446 e. The summed E-state index contributed by atoms with van der Waals surface area (Å²) < 4.78 is 33.6. The van der Waals surface area contributed by atoms with E-state index in [4.69, 9.17) is 4.74 Å². The normalized spacial score (nSPS) is 36.3. The molecule has 5 fully saturated rings. The first-order valence-corrected chi connectivity index (χ1v) is 16.3. The predicted molar refractivity (Wildman–Crippen MR) is 141 cm³/mol. The first-order chi connectivity index (χ1) is 17.8. The lowest BCUT2D eigenvalue weighted by molar-refractivity contribution is -0.143. The second-order valence-corrected chi connectivity index (χ2v) is 14.3. The van der Waals surface area contributed by atoms with Crippen LogP contribution in [0, 0.1) is 11.8 Å². The second-order valence-electron chi connectivity index (χ2n) is 12.2. The monoisotopic (exact) mass is 538 g/mol. The van der Waals surface area contributed by atoms with Crippen LogP contribution in [0.2, 0.25) is 0 Å². The molecule has 10 heteroatoms.